The van der Waals surface area contributed by atoms with Crippen molar-refractivity contribution in [2.45, 2.75) is 32.9 Å². The molecular formula is C20H22N4O2. The minimum Gasteiger partial charge on any atom is -0.393 e. The third kappa shape index (κ3) is 4.34. The van der Waals surface area contributed by atoms with Crippen molar-refractivity contribution in [2.75, 3.05) is 5.32 Å². The van der Waals surface area contributed by atoms with Crippen molar-refractivity contribution in [1.29, 1.82) is 0 Å². The lowest BCUT2D eigenvalue weighted by atomic mass is 10.0. The fourth-order valence-electron chi connectivity index (χ4n) is 2.60. The number of benzene rings is 2. The second-order valence-corrected chi connectivity index (χ2v) is 6.35. The first-order valence-electron chi connectivity index (χ1n) is 8.58. The number of aliphatic hydroxyl groups is 1. The quantitative estimate of drug-likeness (QED) is 0.715. The van der Waals surface area contributed by atoms with Crippen LogP contribution in [0.4, 0.5) is 5.69 Å². The Bertz CT molecular complexity index is 888. The molecule has 1 aromatic heterocycles. The van der Waals surface area contributed by atoms with Crippen molar-refractivity contribution in [3.8, 4) is 11.3 Å². The van der Waals surface area contributed by atoms with Crippen LogP contribution >= 0.6 is 0 Å². The second kappa shape index (κ2) is 7.93. The van der Waals surface area contributed by atoms with Crippen LogP contribution in [0.1, 0.15) is 29.3 Å². The highest BCUT2D eigenvalue weighted by atomic mass is 16.3. The highest BCUT2D eigenvalue weighted by Gasteiger charge is 2.13. The second-order valence-electron chi connectivity index (χ2n) is 6.35. The molecule has 0 saturated carbocycles. The van der Waals surface area contributed by atoms with Crippen molar-refractivity contribution in [1.82, 2.24) is 15.0 Å². The number of hydrogen-bond acceptors (Lipinski definition) is 4. The normalized spacial score (nSPS) is 12.0. The van der Waals surface area contributed by atoms with Gasteiger partial charge in [-0.25, -0.2) is 0 Å². The van der Waals surface area contributed by atoms with Crippen LogP contribution in [-0.2, 0) is 6.54 Å². The number of aryl methyl sites for hydroxylation is 2. The van der Waals surface area contributed by atoms with E-state index in [1.165, 1.54) is 0 Å². The predicted molar refractivity (Wildman–Crippen MR) is 101 cm³/mol. The standard InChI is InChI=1S/C20H22N4O2/c1-14-8-9-16(19-13-24(23-22-19)11-10-15(2)25)12-18(14)20(26)21-17-6-4-3-5-7-17/h3-9,12-13,15,25H,10-11H2,1-2H3,(H,21,26). The lowest BCUT2D eigenvalue weighted by Crippen LogP contribution is -2.13. The zero-order valence-corrected chi connectivity index (χ0v) is 14.9. The van der Waals surface area contributed by atoms with E-state index in [4.69, 9.17) is 0 Å². The third-order valence-electron chi connectivity index (χ3n) is 4.12. The predicted octanol–water partition coefficient (Wildman–Crippen LogP) is 3.28. The molecule has 0 aliphatic carbocycles. The van der Waals surface area contributed by atoms with Gasteiger partial charge in [-0.05, 0) is 44.0 Å². The van der Waals surface area contributed by atoms with Gasteiger partial charge in [-0.15, -0.1) is 5.10 Å². The van der Waals surface area contributed by atoms with E-state index in [2.05, 4.69) is 15.6 Å². The van der Waals surface area contributed by atoms with Gasteiger partial charge in [0.1, 0.15) is 5.69 Å². The molecule has 1 unspecified atom stereocenters. The van der Waals surface area contributed by atoms with Gasteiger partial charge in [0.25, 0.3) is 5.91 Å². The van der Waals surface area contributed by atoms with E-state index in [9.17, 15) is 9.90 Å². The Morgan fingerprint density at radius 2 is 2.00 bits per heavy atom. The molecule has 2 aromatic carbocycles. The molecule has 0 saturated heterocycles. The summed E-state index contributed by atoms with van der Waals surface area (Å²) in [7, 11) is 0. The summed E-state index contributed by atoms with van der Waals surface area (Å²) in [6.45, 7) is 4.25. The van der Waals surface area contributed by atoms with Crippen LogP contribution in [-0.4, -0.2) is 32.1 Å². The first-order chi connectivity index (χ1) is 12.5. The first-order valence-corrected chi connectivity index (χ1v) is 8.58. The molecule has 0 spiro atoms. The van der Waals surface area contributed by atoms with E-state index in [0.29, 0.717) is 24.2 Å². The minimum atomic E-state index is -0.379. The van der Waals surface area contributed by atoms with Gasteiger partial charge >= 0.3 is 0 Å². The summed E-state index contributed by atoms with van der Waals surface area (Å²) < 4.78 is 1.70. The highest BCUT2D eigenvalue weighted by Crippen LogP contribution is 2.21. The maximum atomic E-state index is 12.6. The maximum Gasteiger partial charge on any atom is 0.255 e. The van der Waals surface area contributed by atoms with Gasteiger partial charge in [0.05, 0.1) is 12.3 Å². The largest absolute Gasteiger partial charge is 0.393 e. The molecule has 134 valence electrons. The van der Waals surface area contributed by atoms with Gasteiger partial charge < -0.3 is 10.4 Å². The van der Waals surface area contributed by atoms with E-state index in [0.717, 1.165) is 16.8 Å². The number of amides is 1. The highest BCUT2D eigenvalue weighted by molar-refractivity contribution is 6.05. The Morgan fingerprint density at radius 1 is 1.23 bits per heavy atom. The fourth-order valence-corrected chi connectivity index (χ4v) is 2.60. The minimum absolute atomic E-state index is 0.156. The molecule has 3 aromatic rings. The van der Waals surface area contributed by atoms with Crippen molar-refractivity contribution in [3.63, 3.8) is 0 Å². The molecule has 0 radical (unpaired) electrons. The van der Waals surface area contributed by atoms with E-state index >= 15 is 0 Å². The zero-order valence-electron chi connectivity index (χ0n) is 14.9. The summed E-state index contributed by atoms with van der Waals surface area (Å²) in [6, 6.07) is 15.0. The van der Waals surface area contributed by atoms with Crippen LogP contribution in [0.3, 0.4) is 0 Å². The zero-order chi connectivity index (χ0) is 18.5. The average Bonchev–Trinajstić information content (AvgIpc) is 3.10. The molecule has 1 amide bonds. The molecule has 1 heterocycles. The summed E-state index contributed by atoms with van der Waals surface area (Å²) in [6.07, 6.45) is 2.06. The number of rotatable bonds is 6. The molecule has 0 bridgehead atoms. The van der Waals surface area contributed by atoms with Crippen LogP contribution in [0.25, 0.3) is 11.3 Å². The maximum absolute atomic E-state index is 12.6. The SMILES string of the molecule is Cc1ccc(-c2cn(CCC(C)O)nn2)cc1C(=O)Nc1ccccc1. The Labute approximate surface area is 152 Å². The Balaban J connectivity index is 1.80. The molecule has 0 aliphatic heterocycles. The van der Waals surface area contributed by atoms with Gasteiger partial charge in [0.15, 0.2) is 0 Å². The molecule has 6 heteroatoms. The van der Waals surface area contributed by atoms with Crippen LogP contribution in [0.5, 0.6) is 0 Å². The van der Waals surface area contributed by atoms with Crippen LogP contribution in [0.15, 0.2) is 54.7 Å². The van der Waals surface area contributed by atoms with E-state index in [-0.39, 0.29) is 12.0 Å². The summed E-state index contributed by atoms with van der Waals surface area (Å²) in [5.74, 6) is -0.156. The third-order valence-corrected chi connectivity index (χ3v) is 4.12. The molecule has 26 heavy (non-hydrogen) atoms. The van der Waals surface area contributed by atoms with E-state index in [1.54, 1.807) is 11.6 Å². The van der Waals surface area contributed by atoms with Crippen molar-refractivity contribution in [2.24, 2.45) is 0 Å². The Hall–Kier alpha value is -2.99. The lowest BCUT2D eigenvalue weighted by molar-refractivity contribution is 0.102. The van der Waals surface area contributed by atoms with Gasteiger partial charge in [-0.1, -0.05) is 35.5 Å². The smallest absolute Gasteiger partial charge is 0.255 e. The van der Waals surface area contributed by atoms with Crippen LogP contribution < -0.4 is 5.32 Å². The number of aliphatic hydroxyl groups excluding tert-OH is 1. The van der Waals surface area contributed by atoms with Gasteiger partial charge in [0, 0.05) is 23.4 Å². The molecule has 0 aliphatic rings. The van der Waals surface area contributed by atoms with Gasteiger partial charge in [-0.2, -0.15) is 0 Å². The number of carbonyl (C=O) groups is 1. The van der Waals surface area contributed by atoms with E-state index < -0.39 is 0 Å². The molecule has 2 N–H and O–H groups in total. The number of aromatic nitrogens is 3. The van der Waals surface area contributed by atoms with Crippen molar-refractivity contribution >= 4 is 11.6 Å². The number of hydrogen-bond donors (Lipinski definition) is 2. The molecule has 6 nitrogen and oxygen atoms in total. The first kappa shape index (κ1) is 17.8. The average molecular weight is 350 g/mol. The van der Waals surface area contributed by atoms with Crippen molar-refractivity contribution in [3.05, 3.63) is 65.9 Å². The van der Waals surface area contributed by atoms with Gasteiger partial charge in [0.2, 0.25) is 0 Å². The van der Waals surface area contributed by atoms with Crippen LogP contribution in [0.2, 0.25) is 0 Å². The summed E-state index contributed by atoms with van der Waals surface area (Å²) >= 11 is 0. The summed E-state index contributed by atoms with van der Waals surface area (Å²) in [5, 5.41) is 20.6. The monoisotopic (exact) mass is 350 g/mol. The number of nitrogens with zero attached hydrogens (tertiary/aromatic N) is 3. The summed E-state index contributed by atoms with van der Waals surface area (Å²) in [5.41, 5.74) is 3.78. The lowest BCUT2D eigenvalue weighted by Gasteiger charge is -2.09. The van der Waals surface area contributed by atoms with Crippen LogP contribution in [0, 0.1) is 6.92 Å². The number of carbonyl (C=O) groups excluding carboxylic acids is 1. The molecule has 1 atom stereocenters. The van der Waals surface area contributed by atoms with Crippen molar-refractivity contribution < 1.29 is 9.90 Å². The number of para-hydroxylation sites is 1. The summed E-state index contributed by atoms with van der Waals surface area (Å²) in [4.78, 5) is 12.6. The fraction of sp³-hybridized carbons (Fsp3) is 0.250. The van der Waals surface area contributed by atoms with Gasteiger partial charge in [-0.3, -0.25) is 9.48 Å². The molecule has 0 fully saturated rings. The molecule has 3 rings (SSSR count). The van der Waals surface area contributed by atoms with E-state index in [1.807, 2.05) is 61.7 Å². The number of anilines is 1. The number of nitrogens with one attached hydrogen (secondary N) is 1. The topological polar surface area (TPSA) is 80.0 Å². The Morgan fingerprint density at radius 3 is 2.73 bits per heavy atom. The molecular weight excluding hydrogens is 328 g/mol. The Kier molecular flexibility index (Phi) is 5.43.